The molecule has 18 heavy (non-hydrogen) atoms. The number of nitrogens with one attached hydrogen (secondary N) is 1. The maximum Gasteiger partial charge on any atom is 0.151 e. The Morgan fingerprint density at radius 2 is 2.11 bits per heavy atom. The maximum atomic E-state index is 11.4. The Bertz CT molecular complexity index is 449. The molecule has 0 unspecified atom stereocenters. The average molecular weight is 272 g/mol. The molecular weight excluding hydrogens is 248 g/mol. The topological polar surface area (TPSA) is 51.1 Å². The maximum absolute atomic E-state index is 11.4. The molecule has 104 valence electrons. The van der Waals surface area contributed by atoms with Gasteiger partial charge >= 0.3 is 0 Å². The highest BCUT2D eigenvalue weighted by Gasteiger charge is 2.07. The molecule has 0 aliphatic heterocycles. The molecule has 1 heterocycles. The van der Waals surface area contributed by atoms with Crippen LogP contribution in [-0.4, -0.2) is 31.0 Å². The van der Waals surface area contributed by atoms with E-state index in [4.69, 9.17) is 0 Å². The summed E-state index contributed by atoms with van der Waals surface area (Å²) in [5, 5.41) is 3.37. The lowest BCUT2D eigenvalue weighted by Crippen LogP contribution is -2.18. The minimum atomic E-state index is -2.87. The van der Waals surface area contributed by atoms with Crippen LogP contribution in [0.15, 0.2) is 18.5 Å². The summed E-state index contributed by atoms with van der Waals surface area (Å²) in [6, 6.07) is 2.03. The Morgan fingerprint density at radius 3 is 2.72 bits per heavy atom. The molecule has 0 saturated heterocycles. The standard InChI is InChI=1S/C13H24N2O2S/c1-4-18(16,17)8-7-15-6-5-13(11-15)10-14-9-12(2)3/h5-6,11-12,14H,4,7-10H2,1-3H3. The van der Waals surface area contributed by atoms with Crippen molar-refractivity contribution in [1.29, 1.82) is 0 Å². The monoisotopic (exact) mass is 272 g/mol. The highest BCUT2D eigenvalue weighted by atomic mass is 32.2. The molecule has 0 aliphatic rings. The average Bonchev–Trinajstić information content (AvgIpc) is 2.74. The van der Waals surface area contributed by atoms with Gasteiger partial charge in [-0.05, 0) is 24.1 Å². The predicted molar refractivity (Wildman–Crippen MR) is 75.3 cm³/mol. The van der Waals surface area contributed by atoms with Crippen LogP contribution in [0.1, 0.15) is 26.3 Å². The minimum Gasteiger partial charge on any atom is -0.353 e. The fourth-order valence-electron chi connectivity index (χ4n) is 1.63. The van der Waals surface area contributed by atoms with Gasteiger partial charge < -0.3 is 9.88 Å². The zero-order valence-corrected chi connectivity index (χ0v) is 12.3. The molecule has 0 aliphatic carbocycles. The predicted octanol–water partition coefficient (Wildman–Crippen LogP) is 1.67. The van der Waals surface area contributed by atoms with Gasteiger partial charge in [-0.25, -0.2) is 8.42 Å². The van der Waals surface area contributed by atoms with Gasteiger partial charge in [-0.15, -0.1) is 0 Å². The Hall–Kier alpha value is -0.810. The number of aromatic nitrogens is 1. The van der Waals surface area contributed by atoms with E-state index in [0.717, 1.165) is 13.1 Å². The molecule has 0 amide bonds. The van der Waals surface area contributed by atoms with E-state index in [1.165, 1.54) is 5.56 Å². The Labute approximate surface area is 110 Å². The van der Waals surface area contributed by atoms with E-state index in [9.17, 15) is 8.42 Å². The smallest absolute Gasteiger partial charge is 0.151 e. The first-order chi connectivity index (χ1) is 8.43. The SMILES string of the molecule is CCS(=O)(=O)CCn1ccc(CNCC(C)C)c1. The second-order valence-electron chi connectivity index (χ2n) is 5.02. The van der Waals surface area contributed by atoms with Crippen LogP contribution in [0.3, 0.4) is 0 Å². The third-order valence-corrected chi connectivity index (χ3v) is 4.48. The fourth-order valence-corrected chi connectivity index (χ4v) is 2.41. The summed E-state index contributed by atoms with van der Waals surface area (Å²) < 4.78 is 24.7. The number of nitrogens with zero attached hydrogens (tertiary/aromatic N) is 1. The van der Waals surface area contributed by atoms with Gasteiger partial charge in [-0.2, -0.15) is 0 Å². The summed E-state index contributed by atoms with van der Waals surface area (Å²) in [7, 11) is -2.87. The van der Waals surface area contributed by atoms with Crippen LogP contribution in [-0.2, 0) is 22.9 Å². The van der Waals surface area contributed by atoms with Crippen molar-refractivity contribution in [2.75, 3.05) is 18.1 Å². The Morgan fingerprint density at radius 1 is 1.39 bits per heavy atom. The molecule has 0 atom stereocenters. The normalized spacial score (nSPS) is 12.2. The molecule has 0 bridgehead atoms. The first-order valence-electron chi connectivity index (χ1n) is 6.48. The number of sulfone groups is 1. The molecule has 0 aromatic carbocycles. The van der Waals surface area contributed by atoms with E-state index in [1.54, 1.807) is 6.92 Å². The summed E-state index contributed by atoms with van der Waals surface area (Å²) in [4.78, 5) is 0. The molecule has 1 aromatic heterocycles. The van der Waals surface area contributed by atoms with Crippen LogP contribution in [0.5, 0.6) is 0 Å². The fraction of sp³-hybridized carbons (Fsp3) is 0.692. The summed E-state index contributed by atoms with van der Waals surface area (Å²) in [5.41, 5.74) is 1.20. The number of hydrogen-bond donors (Lipinski definition) is 1. The van der Waals surface area contributed by atoms with Gasteiger partial charge in [0, 0.05) is 31.2 Å². The number of rotatable bonds is 8. The molecule has 0 spiro atoms. The number of hydrogen-bond acceptors (Lipinski definition) is 3. The van der Waals surface area contributed by atoms with Crippen molar-refractivity contribution in [2.45, 2.75) is 33.9 Å². The van der Waals surface area contributed by atoms with E-state index in [2.05, 4.69) is 19.2 Å². The molecule has 0 radical (unpaired) electrons. The Kier molecular flexibility index (Phi) is 5.88. The highest BCUT2D eigenvalue weighted by molar-refractivity contribution is 7.91. The van der Waals surface area contributed by atoms with Crippen molar-refractivity contribution < 1.29 is 8.42 Å². The van der Waals surface area contributed by atoms with Gasteiger partial charge in [-0.1, -0.05) is 20.8 Å². The summed E-state index contributed by atoms with van der Waals surface area (Å²) in [6.45, 7) is 8.41. The molecule has 1 rings (SSSR count). The van der Waals surface area contributed by atoms with Crippen molar-refractivity contribution in [3.05, 3.63) is 24.0 Å². The van der Waals surface area contributed by atoms with Crippen LogP contribution in [0, 0.1) is 5.92 Å². The van der Waals surface area contributed by atoms with Gasteiger partial charge in [0.25, 0.3) is 0 Å². The highest BCUT2D eigenvalue weighted by Crippen LogP contribution is 2.03. The van der Waals surface area contributed by atoms with Gasteiger partial charge in [0.1, 0.15) is 0 Å². The van der Waals surface area contributed by atoms with E-state index in [-0.39, 0.29) is 11.5 Å². The van der Waals surface area contributed by atoms with E-state index in [1.807, 2.05) is 23.0 Å². The van der Waals surface area contributed by atoms with Gasteiger partial charge in [0.05, 0.1) is 5.75 Å². The summed E-state index contributed by atoms with van der Waals surface area (Å²) >= 11 is 0. The lowest BCUT2D eigenvalue weighted by Gasteiger charge is -2.06. The third-order valence-electron chi connectivity index (χ3n) is 2.79. The summed E-state index contributed by atoms with van der Waals surface area (Å²) in [6.07, 6.45) is 3.95. The largest absolute Gasteiger partial charge is 0.353 e. The second-order valence-corrected chi connectivity index (χ2v) is 7.49. The van der Waals surface area contributed by atoms with Gasteiger partial charge in [-0.3, -0.25) is 0 Å². The van der Waals surface area contributed by atoms with Crippen LogP contribution in [0.25, 0.3) is 0 Å². The zero-order valence-electron chi connectivity index (χ0n) is 11.5. The van der Waals surface area contributed by atoms with Crippen molar-refractivity contribution in [3.63, 3.8) is 0 Å². The van der Waals surface area contributed by atoms with Crippen LogP contribution in [0.4, 0.5) is 0 Å². The van der Waals surface area contributed by atoms with Crippen LogP contribution < -0.4 is 5.32 Å². The van der Waals surface area contributed by atoms with Crippen molar-refractivity contribution in [3.8, 4) is 0 Å². The zero-order chi connectivity index (χ0) is 13.6. The first-order valence-corrected chi connectivity index (χ1v) is 8.31. The molecule has 5 heteroatoms. The molecule has 0 fully saturated rings. The van der Waals surface area contributed by atoms with Crippen molar-refractivity contribution >= 4 is 9.84 Å². The Balaban J connectivity index is 2.39. The molecule has 4 nitrogen and oxygen atoms in total. The van der Waals surface area contributed by atoms with Gasteiger partial charge in [0.2, 0.25) is 0 Å². The molecule has 0 saturated carbocycles. The summed E-state index contributed by atoms with van der Waals surface area (Å²) in [5.74, 6) is 1.08. The van der Waals surface area contributed by atoms with Crippen LogP contribution >= 0.6 is 0 Å². The van der Waals surface area contributed by atoms with Crippen molar-refractivity contribution in [1.82, 2.24) is 9.88 Å². The molecule has 1 N–H and O–H groups in total. The van der Waals surface area contributed by atoms with Gasteiger partial charge in [0.15, 0.2) is 9.84 Å². The van der Waals surface area contributed by atoms with E-state index < -0.39 is 9.84 Å². The van der Waals surface area contributed by atoms with Crippen molar-refractivity contribution in [2.24, 2.45) is 5.92 Å². The lowest BCUT2D eigenvalue weighted by molar-refractivity contribution is 0.552. The molecule has 1 aromatic rings. The second kappa shape index (κ2) is 6.95. The first kappa shape index (κ1) is 15.2. The quantitative estimate of drug-likeness (QED) is 0.783. The number of aryl methyl sites for hydroxylation is 1. The lowest BCUT2D eigenvalue weighted by atomic mass is 10.2. The minimum absolute atomic E-state index is 0.219. The molecular formula is C13H24N2O2S. The van der Waals surface area contributed by atoms with Crippen LogP contribution in [0.2, 0.25) is 0 Å². The third kappa shape index (κ3) is 5.69. The van der Waals surface area contributed by atoms with E-state index >= 15 is 0 Å². The van der Waals surface area contributed by atoms with E-state index in [0.29, 0.717) is 12.5 Å².